The second-order valence-corrected chi connectivity index (χ2v) is 4.76. The maximum atomic E-state index is 13.2. The fourth-order valence-electron chi connectivity index (χ4n) is 2.05. The molecule has 0 bridgehead atoms. The highest BCUT2D eigenvalue weighted by atomic mass is 35.5. The van der Waals surface area contributed by atoms with Crippen molar-refractivity contribution in [2.75, 3.05) is 11.1 Å². The van der Waals surface area contributed by atoms with E-state index in [1.165, 1.54) is 12.1 Å². The summed E-state index contributed by atoms with van der Waals surface area (Å²) in [5.41, 5.74) is 7.09. The Bertz CT molecular complexity index is 789. The van der Waals surface area contributed by atoms with E-state index in [-0.39, 0.29) is 5.82 Å². The van der Waals surface area contributed by atoms with Gasteiger partial charge >= 0.3 is 0 Å². The first-order valence-electron chi connectivity index (χ1n) is 6.00. The van der Waals surface area contributed by atoms with E-state index in [1.807, 2.05) is 6.07 Å². The van der Waals surface area contributed by atoms with Crippen LogP contribution in [0.15, 0.2) is 48.7 Å². The number of pyridine rings is 1. The first-order valence-corrected chi connectivity index (χ1v) is 6.38. The minimum atomic E-state index is -0.308. The van der Waals surface area contributed by atoms with Crippen LogP contribution in [0.1, 0.15) is 0 Å². The molecule has 3 rings (SSSR count). The number of rotatable bonds is 2. The van der Waals surface area contributed by atoms with Gasteiger partial charge in [0.15, 0.2) is 0 Å². The molecule has 1 heterocycles. The number of benzene rings is 2. The van der Waals surface area contributed by atoms with Gasteiger partial charge in [-0.3, -0.25) is 0 Å². The van der Waals surface area contributed by atoms with E-state index in [2.05, 4.69) is 10.3 Å². The molecule has 0 aliphatic carbocycles. The lowest BCUT2D eigenvalue weighted by Gasteiger charge is -2.10. The monoisotopic (exact) mass is 287 g/mol. The Morgan fingerprint density at radius 1 is 1.10 bits per heavy atom. The van der Waals surface area contributed by atoms with Crippen LogP contribution in [0, 0.1) is 5.82 Å². The predicted molar refractivity (Wildman–Crippen MR) is 80.8 cm³/mol. The number of aromatic nitrogens is 1. The third-order valence-electron chi connectivity index (χ3n) is 3.02. The summed E-state index contributed by atoms with van der Waals surface area (Å²) in [5, 5.41) is 5.23. The smallest absolute Gasteiger partial charge is 0.138 e. The van der Waals surface area contributed by atoms with Gasteiger partial charge in [-0.25, -0.2) is 9.37 Å². The summed E-state index contributed by atoms with van der Waals surface area (Å²) in [6, 6.07) is 11.5. The number of anilines is 3. The van der Waals surface area contributed by atoms with Gasteiger partial charge in [-0.05, 0) is 36.4 Å². The molecule has 2 aromatic carbocycles. The molecule has 1 aromatic heterocycles. The molecule has 5 heteroatoms. The summed E-state index contributed by atoms with van der Waals surface area (Å²) >= 11 is 6.01. The van der Waals surface area contributed by atoms with Gasteiger partial charge in [-0.2, -0.15) is 0 Å². The fraction of sp³-hybridized carbons (Fsp3) is 0. The van der Waals surface area contributed by atoms with Crippen LogP contribution in [-0.4, -0.2) is 4.98 Å². The Hall–Kier alpha value is -2.33. The number of nitrogens with one attached hydrogen (secondary N) is 1. The number of nitrogens with zero attached hydrogens (tertiary/aromatic N) is 1. The number of fused-ring (bicyclic) bond motifs is 1. The van der Waals surface area contributed by atoms with Gasteiger partial charge in [0.1, 0.15) is 11.6 Å². The minimum Gasteiger partial charge on any atom is -0.397 e. The molecule has 0 fully saturated rings. The van der Waals surface area contributed by atoms with E-state index in [4.69, 9.17) is 17.3 Å². The molecule has 0 saturated heterocycles. The van der Waals surface area contributed by atoms with Crippen molar-refractivity contribution >= 4 is 39.6 Å². The molecule has 0 spiro atoms. The topological polar surface area (TPSA) is 50.9 Å². The van der Waals surface area contributed by atoms with Gasteiger partial charge in [-0.15, -0.1) is 0 Å². The summed E-state index contributed by atoms with van der Waals surface area (Å²) < 4.78 is 13.2. The van der Waals surface area contributed by atoms with E-state index < -0.39 is 0 Å². The van der Waals surface area contributed by atoms with E-state index in [0.717, 1.165) is 10.8 Å². The van der Waals surface area contributed by atoms with E-state index in [0.29, 0.717) is 22.2 Å². The highest BCUT2D eigenvalue weighted by Gasteiger charge is 2.08. The highest BCUT2D eigenvalue weighted by Crippen LogP contribution is 2.32. The summed E-state index contributed by atoms with van der Waals surface area (Å²) in [6.07, 6.45) is 1.64. The lowest BCUT2D eigenvalue weighted by atomic mass is 10.1. The van der Waals surface area contributed by atoms with Gasteiger partial charge in [0.25, 0.3) is 0 Å². The van der Waals surface area contributed by atoms with Gasteiger partial charge in [-0.1, -0.05) is 17.7 Å². The zero-order valence-corrected chi connectivity index (χ0v) is 11.2. The molecule has 3 aromatic rings. The Kier molecular flexibility index (Phi) is 3.16. The van der Waals surface area contributed by atoms with Gasteiger partial charge in [0, 0.05) is 22.7 Å². The quantitative estimate of drug-likeness (QED) is 0.689. The number of nitrogen functional groups attached to an aromatic ring is 1. The average molecular weight is 288 g/mol. The molecule has 20 heavy (non-hydrogen) atoms. The van der Waals surface area contributed by atoms with Crippen molar-refractivity contribution in [1.29, 1.82) is 0 Å². The zero-order valence-electron chi connectivity index (χ0n) is 10.4. The standard InChI is InChI=1S/C15H11ClFN3/c16-13-5-4-12-11(14(13)18)6-7-19-15(12)20-10-3-1-2-9(17)8-10/h1-8H,18H2,(H,19,20). The maximum Gasteiger partial charge on any atom is 0.138 e. The number of hydrogen-bond acceptors (Lipinski definition) is 3. The molecule has 0 saturated carbocycles. The lowest BCUT2D eigenvalue weighted by molar-refractivity contribution is 0.628. The molecular weight excluding hydrogens is 277 g/mol. The fourth-order valence-corrected chi connectivity index (χ4v) is 2.22. The first-order chi connectivity index (χ1) is 9.65. The summed E-state index contributed by atoms with van der Waals surface area (Å²) in [6.45, 7) is 0. The molecule has 0 atom stereocenters. The molecule has 0 aliphatic rings. The van der Waals surface area contributed by atoms with Crippen LogP contribution in [0.25, 0.3) is 10.8 Å². The van der Waals surface area contributed by atoms with Gasteiger partial charge in [0.2, 0.25) is 0 Å². The van der Waals surface area contributed by atoms with E-state index >= 15 is 0 Å². The van der Waals surface area contributed by atoms with Crippen LogP contribution < -0.4 is 11.1 Å². The molecule has 100 valence electrons. The Balaban J connectivity index is 2.10. The predicted octanol–water partition coefficient (Wildman–Crippen LogP) is 4.35. The van der Waals surface area contributed by atoms with Crippen molar-refractivity contribution < 1.29 is 4.39 Å². The van der Waals surface area contributed by atoms with Crippen molar-refractivity contribution in [2.45, 2.75) is 0 Å². The van der Waals surface area contributed by atoms with Crippen molar-refractivity contribution in [3.05, 3.63) is 59.5 Å². The first kappa shape index (κ1) is 12.7. The van der Waals surface area contributed by atoms with Crippen molar-refractivity contribution in [3.63, 3.8) is 0 Å². The third-order valence-corrected chi connectivity index (χ3v) is 3.35. The second kappa shape index (κ2) is 4.98. The van der Waals surface area contributed by atoms with Gasteiger partial charge in [0.05, 0.1) is 10.7 Å². The van der Waals surface area contributed by atoms with E-state index in [1.54, 1.807) is 30.5 Å². The summed E-state index contributed by atoms with van der Waals surface area (Å²) in [4.78, 5) is 4.27. The molecule has 3 nitrogen and oxygen atoms in total. The second-order valence-electron chi connectivity index (χ2n) is 4.35. The normalized spacial score (nSPS) is 10.7. The van der Waals surface area contributed by atoms with Crippen molar-refractivity contribution in [1.82, 2.24) is 4.98 Å². The Morgan fingerprint density at radius 2 is 1.95 bits per heavy atom. The van der Waals surface area contributed by atoms with Crippen molar-refractivity contribution in [3.8, 4) is 0 Å². The minimum absolute atomic E-state index is 0.308. The van der Waals surface area contributed by atoms with Crippen LogP contribution in [0.2, 0.25) is 5.02 Å². The molecule has 0 aliphatic heterocycles. The van der Waals surface area contributed by atoms with Gasteiger partial charge < -0.3 is 11.1 Å². The third kappa shape index (κ3) is 2.26. The van der Waals surface area contributed by atoms with Crippen molar-refractivity contribution in [2.24, 2.45) is 0 Å². The molecule has 3 N–H and O–H groups in total. The SMILES string of the molecule is Nc1c(Cl)ccc2c(Nc3cccc(F)c3)nccc12. The Morgan fingerprint density at radius 3 is 2.75 bits per heavy atom. The van der Waals surface area contributed by atoms with E-state index in [9.17, 15) is 4.39 Å². The maximum absolute atomic E-state index is 13.2. The largest absolute Gasteiger partial charge is 0.397 e. The number of hydrogen-bond donors (Lipinski definition) is 2. The molecular formula is C15H11ClFN3. The lowest BCUT2D eigenvalue weighted by Crippen LogP contribution is -1.97. The Labute approximate surface area is 120 Å². The zero-order chi connectivity index (χ0) is 14.1. The molecule has 0 unspecified atom stereocenters. The molecule has 0 radical (unpaired) electrons. The van der Waals surface area contributed by atoms with Crippen LogP contribution >= 0.6 is 11.6 Å². The van der Waals surface area contributed by atoms with Crippen LogP contribution in [-0.2, 0) is 0 Å². The number of nitrogens with two attached hydrogens (primary N) is 1. The molecule has 0 amide bonds. The highest BCUT2D eigenvalue weighted by molar-refractivity contribution is 6.34. The number of halogens is 2. The average Bonchev–Trinajstić information content (AvgIpc) is 2.43. The summed E-state index contributed by atoms with van der Waals surface area (Å²) in [7, 11) is 0. The van der Waals surface area contributed by atoms with Crippen LogP contribution in [0.4, 0.5) is 21.6 Å². The van der Waals surface area contributed by atoms with Crippen LogP contribution in [0.3, 0.4) is 0 Å². The summed E-state index contributed by atoms with van der Waals surface area (Å²) in [5.74, 6) is 0.300. The van der Waals surface area contributed by atoms with Crippen LogP contribution in [0.5, 0.6) is 0 Å².